The van der Waals surface area contributed by atoms with Gasteiger partial charge < -0.3 is 15.4 Å². The third-order valence-electron chi connectivity index (χ3n) is 6.29. The first-order valence-electron chi connectivity index (χ1n) is 10.6. The van der Waals surface area contributed by atoms with Crippen LogP contribution in [0.1, 0.15) is 49.8 Å². The van der Waals surface area contributed by atoms with E-state index in [-0.39, 0.29) is 24.2 Å². The second-order valence-corrected chi connectivity index (χ2v) is 8.31. The summed E-state index contributed by atoms with van der Waals surface area (Å²) in [4.78, 5) is 0. The van der Waals surface area contributed by atoms with Gasteiger partial charge in [0.05, 0.1) is 17.8 Å². The number of fused-ring (bicyclic) bond motifs is 3. The zero-order chi connectivity index (χ0) is 20.4. The normalized spacial score (nSPS) is 31.1. The Morgan fingerprint density at radius 1 is 1.21 bits per heavy atom. The molecular weight excluding hydrogens is 377 g/mol. The molecule has 1 aliphatic carbocycles. The highest BCUT2D eigenvalue weighted by Gasteiger charge is 2.44. The molecule has 4 rings (SSSR count). The van der Waals surface area contributed by atoms with Crippen molar-refractivity contribution in [3.05, 3.63) is 53.6 Å². The van der Waals surface area contributed by atoms with Crippen LogP contribution in [0, 0.1) is 11.8 Å². The van der Waals surface area contributed by atoms with Crippen molar-refractivity contribution in [2.75, 3.05) is 18.4 Å². The lowest BCUT2D eigenvalue weighted by Crippen LogP contribution is -2.48. The van der Waals surface area contributed by atoms with Gasteiger partial charge in [0.1, 0.15) is 0 Å². The molecule has 0 spiro atoms. The number of anilines is 1. The summed E-state index contributed by atoms with van der Waals surface area (Å²) >= 11 is 0. The Kier molecular flexibility index (Phi) is 6.02. The molecule has 1 fully saturated rings. The first kappa shape index (κ1) is 20.5. The number of halogens is 3. The molecule has 6 heteroatoms. The molecule has 158 valence electrons. The maximum absolute atomic E-state index is 13.3. The zero-order valence-electron chi connectivity index (χ0n) is 16.7. The van der Waals surface area contributed by atoms with Crippen molar-refractivity contribution < 1.29 is 17.9 Å². The maximum Gasteiger partial charge on any atom is 0.416 e. The number of allylic oxidation sites excluding steroid dienone is 3. The molecule has 0 radical (unpaired) electrons. The Balaban J connectivity index is 1.63. The predicted molar refractivity (Wildman–Crippen MR) is 109 cm³/mol. The molecule has 2 heterocycles. The zero-order valence-corrected chi connectivity index (χ0v) is 16.7. The van der Waals surface area contributed by atoms with Gasteiger partial charge in [0.15, 0.2) is 0 Å². The Hall–Kier alpha value is -1.79. The molecule has 3 nitrogen and oxygen atoms in total. The first-order chi connectivity index (χ1) is 14.0. The second-order valence-electron chi connectivity index (χ2n) is 8.31. The third kappa shape index (κ3) is 4.38. The van der Waals surface area contributed by atoms with Gasteiger partial charge in [-0.25, -0.2) is 0 Å². The van der Waals surface area contributed by atoms with Crippen LogP contribution in [0.4, 0.5) is 18.9 Å². The van der Waals surface area contributed by atoms with Crippen LogP contribution >= 0.6 is 0 Å². The highest BCUT2D eigenvalue weighted by atomic mass is 19.4. The second kappa shape index (κ2) is 8.52. The van der Waals surface area contributed by atoms with Gasteiger partial charge in [-0.1, -0.05) is 31.2 Å². The van der Waals surface area contributed by atoms with E-state index in [2.05, 4.69) is 35.8 Å². The van der Waals surface area contributed by atoms with Crippen molar-refractivity contribution in [1.29, 1.82) is 0 Å². The third-order valence-corrected chi connectivity index (χ3v) is 6.29. The summed E-state index contributed by atoms with van der Waals surface area (Å²) in [6.45, 7) is 3.78. The van der Waals surface area contributed by atoms with Crippen LogP contribution in [-0.2, 0) is 10.9 Å². The van der Waals surface area contributed by atoms with E-state index < -0.39 is 11.7 Å². The van der Waals surface area contributed by atoms with Crippen LogP contribution in [0.3, 0.4) is 0 Å². The van der Waals surface area contributed by atoms with Crippen LogP contribution in [0.2, 0.25) is 0 Å². The monoisotopic (exact) mass is 406 g/mol. The highest BCUT2D eigenvalue weighted by molar-refractivity contribution is 5.58. The van der Waals surface area contributed by atoms with Gasteiger partial charge in [-0.2, -0.15) is 13.2 Å². The summed E-state index contributed by atoms with van der Waals surface area (Å²) < 4.78 is 46.5. The van der Waals surface area contributed by atoms with Crippen molar-refractivity contribution in [2.24, 2.45) is 11.8 Å². The van der Waals surface area contributed by atoms with Gasteiger partial charge in [-0.05, 0) is 50.4 Å². The molecular formula is C23H29F3N2O. The minimum atomic E-state index is -4.35. The number of hydrogen-bond donors (Lipinski definition) is 2. The summed E-state index contributed by atoms with van der Waals surface area (Å²) in [6.07, 6.45) is 7.71. The molecule has 1 unspecified atom stereocenters. The van der Waals surface area contributed by atoms with Gasteiger partial charge in [-0.15, -0.1) is 0 Å². The van der Waals surface area contributed by atoms with Gasteiger partial charge in [0.25, 0.3) is 0 Å². The lowest BCUT2D eigenvalue weighted by atomic mass is 9.73. The van der Waals surface area contributed by atoms with Crippen LogP contribution in [0.5, 0.6) is 0 Å². The maximum atomic E-state index is 13.3. The lowest BCUT2D eigenvalue weighted by Gasteiger charge is -2.47. The number of rotatable bonds is 5. The smallest absolute Gasteiger partial charge is 0.381 e. The largest absolute Gasteiger partial charge is 0.416 e. The molecule has 29 heavy (non-hydrogen) atoms. The van der Waals surface area contributed by atoms with E-state index in [0.29, 0.717) is 11.5 Å². The molecule has 0 aromatic heterocycles. The molecule has 3 aliphatic rings. The highest BCUT2D eigenvalue weighted by Crippen LogP contribution is 2.49. The molecule has 5 atom stereocenters. The van der Waals surface area contributed by atoms with Crippen molar-refractivity contribution >= 4 is 5.69 Å². The number of nitrogens with one attached hydrogen (secondary N) is 2. The Morgan fingerprint density at radius 3 is 2.79 bits per heavy atom. The fourth-order valence-corrected chi connectivity index (χ4v) is 4.85. The number of ether oxygens (including phenoxy) is 1. The molecule has 0 bridgehead atoms. The number of benzene rings is 1. The van der Waals surface area contributed by atoms with Gasteiger partial charge in [0, 0.05) is 35.7 Å². The van der Waals surface area contributed by atoms with E-state index in [1.165, 1.54) is 12.1 Å². The van der Waals surface area contributed by atoms with E-state index in [4.69, 9.17) is 4.74 Å². The molecule has 0 amide bonds. The molecule has 1 aromatic rings. The minimum absolute atomic E-state index is 0.0331. The average Bonchev–Trinajstić information content (AvgIpc) is 2.73. The molecule has 2 N–H and O–H groups in total. The van der Waals surface area contributed by atoms with Crippen LogP contribution in [0.15, 0.2) is 42.5 Å². The lowest BCUT2D eigenvalue weighted by molar-refractivity contribution is -0.138. The number of hydrogen-bond acceptors (Lipinski definition) is 3. The summed E-state index contributed by atoms with van der Waals surface area (Å²) in [7, 11) is 0. The number of alkyl halides is 3. The molecule has 1 aromatic carbocycles. The summed E-state index contributed by atoms with van der Waals surface area (Å²) in [5.74, 6) is 0.482. The van der Waals surface area contributed by atoms with Crippen LogP contribution in [0.25, 0.3) is 0 Å². The molecule has 2 aliphatic heterocycles. The topological polar surface area (TPSA) is 33.3 Å². The fraction of sp³-hybridized carbons (Fsp3) is 0.565. The standard InChI is InChI=1S/C23H29F3N2O/c1-2-12-27-14-17-9-10-18-21(15-6-4-3-5-7-15)28-20-11-8-16(23(24,25)26)13-19(20)22(18)29-17/h3-6,8,11,13,15,17-18,21-22,27-28H,2,7,9-10,12,14H2,1H3/t15?,17-,18+,21+,22+/m1/s1. The predicted octanol–water partition coefficient (Wildman–Crippen LogP) is 5.47. The molecule has 0 saturated carbocycles. The quantitative estimate of drug-likeness (QED) is 0.637. The SMILES string of the molecule is CCCNC[C@H]1CC[C@@H]2[C@H](O1)c1cc(C(F)(F)F)ccc1N[C@H]2C1C=CC=CC1. The van der Waals surface area contributed by atoms with E-state index in [1.54, 1.807) is 6.07 Å². The Morgan fingerprint density at radius 2 is 2.07 bits per heavy atom. The van der Waals surface area contributed by atoms with Gasteiger partial charge in [-0.3, -0.25) is 0 Å². The van der Waals surface area contributed by atoms with E-state index >= 15 is 0 Å². The summed E-state index contributed by atoms with van der Waals surface area (Å²) in [5, 5.41) is 6.96. The van der Waals surface area contributed by atoms with Crippen LogP contribution < -0.4 is 10.6 Å². The van der Waals surface area contributed by atoms with Gasteiger partial charge in [0.2, 0.25) is 0 Å². The van der Waals surface area contributed by atoms with Crippen molar-refractivity contribution in [1.82, 2.24) is 5.32 Å². The minimum Gasteiger partial charge on any atom is -0.381 e. The Bertz CT molecular complexity index is 774. The molecule has 1 saturated heterocycles. The average molecular weight is 406 g/mol. The van der Waals surface area contributed by atoms with E-state index in [0.717, 1.165) is 44.5 Å². The van der Waals surface area contributed by atoms with Crippen molar-refractivity contribution in [3.8, 4) is 0 Å². The summed E-state index contributed by atoms with van der Waals surface area (Å²) in [5.41, 5.74) is 0.816. The first-order valence-corrected chi connectivity index (χ1v) is 10.6. The van der Waals surface area contributed by atoms with Gasteiger partial charge >= 0.3 is 6.18 Å². The van der Waals surface area contributed by atoms with Crippen LogP contribution in [-0.4, -0.2) is 25.2 Å². The summed E-state index contributed by atoms with van der Waals surface area (Å²) in [6, 6.07) is 4.19. The Labute approximate surface area is 170 Å². The fourth-order valence-electron chi connectivity index (χ4n) is 4.85. The van der Waals surface area contributed by atoms with E-state index in [9.17, 15) is 13.2 Å². The van der Waals surface area contributed by atoms with Crippen molar-refractivity contribution in [3.63, 3.8) is 0 Å². The van der Waals surface area contributed by atoms with E-state index in [1.807, 2.05) is 6.08 Å². The van der Waals surface area contributed by atoms with Crippen molar-refractivity contribution in [2.45, 2.75) is 57.0 Å².